The number of nitrogens with two attached hydrogens (primary N) is 1. The molecule has 3 nitrogen and oxygen atoms in total. The third kappa shape index (κ3) is 2.22. The lowest BCUT2D eigenvalue weighted by atomic mass is 10.2. The van der Waals surface area contributed by atoms with Crippen molar-refractivity contribution >= 4 is 11.6 Å². The molecule has 2 atom stereocenters. The Balaban J connectivity index is 2.06. The average molecular weight is 222 g/mol. The van der Waals surface area contributed by atoms with Crippen LogP contribution in [0.4, 0.5) is 10.1 Å². The van der Waals surface area contributed by atoms with Crippen molar-refractivity contribution in [2.45, 2.75) is 19.9 Å². The quantitative estimate of drug-likeness (QED) is 0.820. The number of anilines is 1. The van der Waals surface area contributed by atoms with Crippen molar-refractivity contribution in [1.82, 2.24) is 0 Å². The summed E-state index contributed by atoms with van der Waals surface area (Å²) in [5.41, 5.74) is 6.35. The zero-order valence-electron chi connectivity index (χ0n) is 9.16. The highest BCUT2D eigenvalue weighted by atomic mass is 19.1. The van der Waals surface area contributed by atoms with Crippen molar-refractivity contribution in [3.63, 3.8) is 0 Å². The Morgan fingerprint density at radius 1 is 1.62 bits per heavy atom. The highest BCUT2D eigenvalue weighted by Crippen LogP contribution is 2.38. The van der Waals surface area contributed by atoms with Gasteiger partial charge in [0.2, 0.25) is 5.91 Å². The number of carbonyl (C=O) groups is 1. The standard InChI is InChI=1S/C12H15FN2O/c1-7-4-9(7)12(16)15-11-3-2-8(6-14)5-10(11)13/h2-3,5,7,9H,4,6,14H2,1H3,(H,15,16). The molecule has 0 saturated heterocycles. The molecule has 16 heavy (non-hydrogen) atoms. The third-order valence-electron chi connectivity index (χ3n) is 2.97. The van der Waals surface area contributed by atoms with Crippen molar-refractivity contribution in [2.75, 3.05) is 5.32 Å². The lowest BCUT2D eigenvalue weighted by molar-refractivity contribution is -0.117. The largest absolute Gasteiger partial charge is 0.326 e. The van der Waals surface area contributed by atoms with E-state index in [1.165, 1.54) is 6.07 Å². The Bertz CT molecular complexity index is 419. The van der Waals surface area contributed by atoms with E-state index in [-0.39, 0.29) is 17.5 Å². The number of rotatable bonds is 3. The lowest BCUT2D eigenvalue weighted by Gasteiger charge is -2.07. The predicted octanol–water partition coefficient (Wildman–Crippen LogP) is 1.88. The SMILES string of the molecule is CC1CC1C(=O)Nc1ccc(CN)cc1F. The van der Waals surface area contributed by atoms with E-state index in [9.17, 15) is 9.18 Å². The molecule has 1 aromatic rings. The first-order valence-electron chi connectivity index (χ1n) is 5.41. The number of halogens is 1. The number of nitrogens with one attached hydrogen (secondary N) is 1. The van der Waals surface area contributed by atoms with Gasteiger partial charge >= 0.3 is 0 Å². The van der Waals surface area contributed by atoms with Gasteiger partial charge in [0, 0.05) is 12.5 Å². The Morgan fingerprint density at radius 3 is 2.81 bits per heavy atom. The van der Waals surface area contributed by atoms with Crippen LogP contribution in [0.3, 0.4) is 0 Å². The molecule has 1 aliphatic carbocycles. The van der Waals surface area contributed by atoms with Gasteiger partial charge in [-0.25, -0.2) is 4.39 Å². The second-order valence-electron chi connectivity index (χ2n) is 4.33. The highest BCUT2D eigenvalue weighted by molar-refractivity contribution is 5.94. The topological polar surface area (TPSA) is 55.1 Å². The first-order chi connectivity index (χ1) is 7.61. The van der Waals surface area contributed by atoms with Crippen LogP contribution in [0.15, 0.2) is 18.2 Å². The second kappa shape index (κ2) is 4.22. The van der Waals surface area contributed by atoms with Crippen molar-refractivity contribution in [3.8, 4) is 0 Å². The molecule has 86 valence electrons. The summed E-state index contributed by atoms with van der Waals surface area (Å²) in [4.78, 5) is 11.6. The molecule has 0 heterocycles. The molecule has 1 aromatic carbocycles. The van der Waals surface area contributed by atoms with Gasteiger partial charge in [0.25, 0.3) is 0 Å². The molecule has 1 fully saturated rings. The zero-order chi connectivity index (χ0) is 11.7. The fourth-order valence-electron chi connectivity index (χ4n) is 1.70. The van der Waals surface area contributed by atoms with Crippen molar-refractivity contribution in [1.29, 1.82) is 0 Å². The van der Waals surface area contributed by atoms with E-state index in [1.54, 1.807) is 12.1 Å². The molecule has 1 saturated carbocycles. The number of carbonyl (C=O) groups excluding carboxylic acids is 1. The Labute approximate surface area is 93.8 Å². The monoisotopic (exact) mass is 222 g/mol. The van der Waals surface area contributed by atoms with Gasteiger partial charge in [-0.2, -0.15) is 0 Å². The maximum atomic E-state index is 13.5. The maximum absolute atomic E-state index is 13.5. The number of benzene rings is 1. The first-order valence-corrected chi connectivity index (χ1v) is 5.41. The van der Waals surface area contributed by atoms with Crippen LogP contribution in [0.1, 0.15) is 18.9 Å². The van der Waals surface area contributed by atoms with Gasteiger partial charge in [0.1, 0.15) is 5.82 Å². The first kappa shape index (κ1) is 11.1. The lowest BCUT2D eigenvalue weighted by Crippen LogP contribution is -2.15. The van der Waals surface area contributed by atoms with E-state index in [1.807, 2.05) is 6.92 Å². The van der Waals surface area contributed by atoms with Gasteiger partial charge in [-0.05, 0) is 30.0 Å². The Kier molecular flexibility index (Phi) is 2.92. The van der Waals surface area contributed by atoms with Crippen LogP contribution < -0.4 is 11.1 Å². The average Bonchev–Trinajstić information content (AvgIpc) is 2.98. The third-order valence-corrected chi connectivity index (χ3v) is 2.97. The van der Waals surface area contributed by atoms with Crippen molar-refractivity contribution in [2.24, 2.45) is 17.6 Å². The molecule has 0 spiro atoms. The number of amides is 1. The Morgan fingerprint density at radius 2 is 2.31 bits per heavy atom. The molecule has 1 amide bonds. The zero-order valence-corrected chi connectivity index (χ0v) is 9.16. The summed E-state index contributed by atoms with van der Waals surface area (Å²) in [6, 6.07) is 4.63. The van der Waals surface area contributed by atoms with Crippen LogP contribution in [0.2, 0.25) is 0 Å². The number of hydrogen-bond donors (Lipinski definition) is 2. The minimum atomic E-state index is -0.426. The smallest absolute Gasteiger partial charge is 0.227 e. The molecular formula is C12H15FN2O. The fourth-order valence-corrected chi connectivity index (χ4v) is 1.70. The van der Waals surface area contributed by atoms with Crippen LogP contribution in [-0.4, -0.2) is 5.91 Å². The van der Waals surface area contributed by atoms with E-state index >= 15 is 0 Å². The summed E-state index contributed by atoms with van der Waals surface area (Å²) in [5, 5.41) is 2.60. The fraction of sp³-hybridized carbons (Fsp3) is 0.417. The normalized spacial score (nSPS) is 22.9. The van der Waals surface area contributed by atoms with Gasteiger partial charge < -0.3 is 11.1 Å². The van der Waals surface area contributed by atoms with Gasteiger partial charge in [-0.15, -0.1) is 0 Å². The Hall–Kier alpha value is -1.42. The van der Waals surface area contributed by atoms with Gasteiger partial charge in [-0.1, -0.05) is 13.0 Å². The molecule has 0 bridgehead atoms. The summed E-state index contributed by atoms with van der Waals surface area (Å²) in [6.45, 7) is 2.31. The minimum Gasteiger partial charge on any atom is -0.326 e. The van der Waals surface area contributed by atoms with Gasteiger partial charge in [0.05, 0.1) is 5.69 Å². The second-order valence-corrected chi connectivity index (χ2v) is 4.33. The van der Waals surface area contributed by atoms with Crippen LogP contribution >= 0.6 is 0 Å². The number of hydrogen-bond acceptors (Lipinski definition) is 2. The summed E-state index contributed by atoms with van der Waals surface area (Å²) in [6.07, 6.45) is 0.897. The highest BCUT2D eigenvalue weighted by Gasteiger charge is 2.39. The van der Waals surface area contributed by atoms with E-state index in [0.717, 1.165) is 12.0 Å². The molecule has 0 radical (unpaired) electrons. The van der Waals surface area contributed by atoms with Crippen molar-refractivity contribution in [3.05, 3.63) is 29.6 Å². The van der Waals surface area contributed by atoms with Crippen LogP contribution in [0.25, 0.3) is 0 Å². The molecular weight excluding hydrogens is 207 g/mol. The molecule has 1 aliphatic rings. The molecule has 4 heteroatoms. The molecule has 3 N–H and O–H groups in total. The van der Waals surface area contributed by atoms with E-state index in [4.69, 9.17) is 5.73 Å². The minimum absolute atomic E-state index is 0.0496. The van der Waals surface area contributed by atoms with E-state index in [2.05, 4.69) is 5.32 Å². The van der Waals surface area contributed by atoms with Gasteiger partial charge in [-0.3, -0.25) is 4.79 Å². The van der Waals surface area contributed by atoms with Crippen LogP contribution in [0.5, 0.6) is 0 Å². The summed E-state index contributed by atoms with van der Waals surface area (Å²) >= 11 is 0. The molecule has 0 aliphatic heterocycles. The van der Waals surface area contributed by atoms with E-state index in [0.29, 0.717) is 12.5 Å². The summed E-state index contributed by atoms with van der Waals surface area (Å²) < 4.78 is 13.5. The predicted molar refractivity (Wildman–Crippen MR) is 60.2 cm³/mol. The van der Waals surface area contributed by atoms with Crippen LogP contribution in [-0.2, 0) is 11.3 Å². The molecule has 2 rings (SSSR count). The maximum Gasteiger partial charge on any atom is 0.227 e. The molecule has 0 aromatic heterocycles. The van der Waals surface area contributed by atoms with Crippen LogP contribution in [0, 0.1) is 17.7 Å². The summed E-state index contributed by atoms with van der Waals surface area (Å²) in [7, 11) is 0. The molecule has 2 unspecified atom stereocenters. The van der Waals surface area contributed by atoms with Crippen molar-refractivity contribution < 1.29 is 9.18 Å². The summed E-state index contributed by atoms with van der Waals surface area (Å²) in [5.74, 6) is -0.0449. The van der Waals surface area contributed by atoms with Gasteiger partial charge in [0.15, 0.2) is 0 Å². The van der Waals surface area contributed by atoms with E-state index < -0.39 is 5.82 Å².